The van der Waals surface area contributed by atoms with Crippen LogP contribution in [0.3, 0.4) is 0 Å². The first-order chi connectivity index (χ1) is 14.1. The van der Waals surface area contributed by atoms with Crippen molar-refractivity contribution in [3.05, 3.63) is 65.6 Å². The second-order valence-electron chi connectivity index (χ2n) is 6.14. The van der Waals surface area contributed by atoms with Crippen molar-refractivity contribution < 1.29 is 28.2 Å². The number of hydrogen-bond acceptors (Lipinski definition) is 6. The summed E-state index contributed by atoms with van der Waals surface area (Å²) in [6.45, 7) is 0. The summed E-state index contributed by atoms with van der Waals surface area (Å²) in [7, 11) is 6.30. The van der Waals surface area contributed by atoms with Crippen LogP contribution in [0.5, 0.6) is 23.0 Å². The number of carbonyl (C=O) groups is 1. The van der Waals surface area contributed by atoms with Crippen LogP contribution in [-0.2, 0) is 6.42 Å². The van der Waals surface area contributed by atoms with Crippen LogP contribution in [0.2, 0.25) is 0 Å². The van der Waals surface area contributed by atoms with E-state index in [0.717, 1.165) is 5.56 Å². The fourth-order valence-corrected chi connectivity index (χ4v) is 2.91. The monoisotopic (exact) mass is 397 g/mol. The lowest BCUT2D eigenvalue weighted by atomic mass is 10.1. The van der Waals surface area contributed by atoms with E-state index in [2.05, 4.69) is 5.32 Å². The molecule has 0 saturated heterocycles. The van der Waals surface area contributed by atoms with Crippen LogP contribution in [-0.4, -0.2) is 34.3 Å². The van der Waals surface area contributed by atoms with E-state index in [1.807, 2.05) is 0 Å². The number of furan rings is 1. The Kier molecular flexibility index (Phi) is 6.29. The lowest BCUT2D eigenvalue weighted by Gasteiger charge is -2.14. The van der Waals surface area contributed by atoms with Gasteiger partial charge in [-0.15, -0.1) is 0 Å². The van der Waals surface area contributed by atoms with Crippen LogP contribution in [0.1, 0.15) is 21.9 Å². The molecule has 0 unspecified atom stereocenters. The van der Waals surface area contributed by atoms with Crippen LogP contribution in [0.25, 0.3) is 0 Å². The summed E-state index contributed by atoms with van der Waals surface area (Å²) in [4.78, 5) is 12.5. The van der Waals surface area contributed by atoms with Gasteiger partial charge in [-0.3, -0.25) is 4.79 Å². The molecule has 3 rings (SSSR count). The Labute approximate surface area is 169 Å². The topological polar surface area (TPSA) is 79.2 Å². The van der Waals surface area contributed by atoms with Gasteiger partial charge in [-0.2, -0.15) is 0 Å². The Morgan fingerprint density at radius 3 is 2.17 bits per heavy atom. The van der Waals surface area contributed by atoms with Crippen molar-refractivity contribution >= 4 is 11.6 Å². The molecule has 152 valence electrons. The van der Waals surface area contributed by atoms with E-state index < -0.39 is 0 Å². The normalized spacial score (nSPS) is 10.3. The molecule has 29 heavy (non-hydrogen) atoms. The molecule has 0 spiro atoms. The molecule has 7 heteroatoms. The number of methoxy groups -OCH3 is 4. The number of hydrogen-bond donors (Lipinski definition) is 1. The highest BCUT2D eigenvalue weighted by Crippen LogP contribution is 2.35. The highest BCUT2D eigenvalue weighted by atomic mass is 16.5. The van der Waals surface area contributed by atoms with E-state index in [4.69, 9.17) is 23.4 Å². The summed E-state index contributed by atoms with van der Waals surface area (Å²) < 4.78 is 27.1. The first kappa shape index (κ1) is 20.1. The Balaban J connectivity index is 1.79. The number of anilines is 1. The zero-order valence-corrected chi connectivity index (χ0v) is 16.8. The van der Waals surface area contributed by atoms with Gasteiger partial charge in [-0.25, -0.2) is 0 Å². The van der Waals surface area contributed by atoms with E-state index in [9.17, 15) is 4.79 Å². The average Bonchev–Trinajstić information content (AvgIpc) is 3.22. The highest BCUT2D eigenvalue weighted by Gasteiger charge is 2.17. The summed E-state index contributed by atoms with van der Waals surface area (Å²) in [5.74, 6) is 2.96. The summed E-state index contributed by atoms with van der Waals surface area (Å²) in [5.41, 5.74) is 1.41. The zero-order valence-electron chi connectivity index (χ0n) is 16.8. The van der Waals surface area contributed by atoms with Crippen molar-refractivity contribution in [2.75, 3.05) is 33.8 Å². The van der Waals surface area contributed by atoms with Gasteiger partial charge in [0.15, 0.2) is 5.76 Å². The third-order valence-electron chi connectivity index (χ3n) is 4.38. The van der Waals surface area contributed by atoms with Crippen molar-refractivity contribution in [3.63, 3.8) is 0 Å². The van der Waals surface area contributed by atoms with E-state index in [-0.39, 0.29) is 11.7 Å². The molecule has 7 nitrogen and oxygen atoms in total. The number of benzene rings is 2. The van der Waals surface area contributed by atoms with Crippen molar-refractivity contribution in [1.29, 1.82) is 0 Å². The average molecular weight is 397 g/mol. The Morgan fingerprint density at radius 2 is 1.55 bits per heavy atom. The molecule has 0 radical (unpaired) electrons. The quantitative estimate of drug-likeness (QED) is 0.615. The molecule has 0 saturated carbocycles. The first-order valence-electron chi connectivity index (χ1n) is 8.91. The molecule has 1 amide bonds. The molecule has 0 bridgehead atoms. The fourth-order valence-electron chi connectivity index (χ4n) is 2.91. The molecule has 0 aliphatic rings. The third-order valence-corrected chi connectivity index (χ3v) is 4.38. The standard InChI is InChI=1S/C22H23NO6/c1-25-15-7-5-6-14(10-15)23-22(24)19-9-8-16(29-19)11-18-20(27-3)12-17(26-2)13-21(18)28-4/h5-10,12-13H,11H2,1-4H3,(H,23,24). The second-order valence-corrected chi connectivity index (χ2v) is 6.14. The van der Waals surface area contributed by atoms with Crippen molar-refractivity contribution in [2.45, 2.75) is 6.42 Å². The summed E-state index contributed by atoms with van der Waals surface area (Å²) in [6.07, 6.45) is 0.392. The molecule has 0 atom stereocenters. The van der Waals surface area contributed by atoms with Gasteiger partial charge in [0.05, 0.1) is 28.4 Å². The Hall–Kier alpha value is -3.61. The molecule has 3 aromatic rings. The molecule has 1 heterocycles. The van der Waals surface area contributed by atoms with Gasteiger partial charge in [0, 0.05) is 35.9 Å². The van der Waals surface area contributed by atoms with Gasteiger partial charge < -0.3 is 28.7 Å². The van der Waals surface area contributed by atoms with E-state index in [0.29, 0.717) is 40.9 Å². The van der Waals surface area contributed by atoms with Gasteiger partial charge in [0.25, 0.3) is 5.91 Å². The molecule has 0 fully saturated rings. The molecule has 0 aliphatic carbocycles. The Morgan fingerprint density at radius 1 is 0.862 bits per heavy atom. The summed E-state index contributed by atoms with van der Waals surface area (Å²) in [6, 6.07) is 14.0. The highest BCUT2D eigenvalue weighted by molar-refractivity contribution is 6.02. The minimum atomic E-state index is -0.349. The molecule has 1 N–H and O–H groups in total. The lowest BCUT2D eigenvalue weighted by Crippen LogP contribution is -2.10. The third kappa shape index (κ3) is 4.63. The summed E-state index contributed by atoms with van der Waals surface area (Å²) >= 11 is 0. The minimum Gasteiger partial charge on any atom is -0.497 e. The number of ether oxygens (including phenoxy) is 4. The van der Waals surface area contributed by atoms with E-state index in [1.54, 1.807) is 77.0 Å². The maximum atomic E-state index is 12.5. The fraction of sp³-hybridized carbons (Fsp3) is 0.227. The number of amides is 1. The summed E-state index contributed by atoms with van der Waals surface area (Å²) in [5, 5.41) is 2.79. The van der Waals surface area contributed by atoms with Gasteiger partial charge in [0.1, 0.15) is 28.8 Å². The smallest absolute Gasteiger partial charge is 0.291 e. The van der Waals surface area contributed by atoms with Crippen LogP contribution in [0, 0.1) is 0 Å². The van der Waals surface area contributed by atoms with Gasteiger partial charge in [-0.05, 0) is 24.3 Å². The predicted octanol–water partition coefficient (Wildman–Crippen LogP) is 4.16. The predicted molar refractivity (Wildman–Crippen MR) is 109 cm³/mol. The molecular weight excluding hydrogens is 374 g/mol. The maximum Gasteiger partial charge on any atom is 0.291 e. The number of rotatable bonds is 8. The van der Waals surface area contributed by atoms with Crippen molar-refractivity contribution in [2.24, 2.45) is 0 Å². The maximum absolute atomic E-state index is 12.5. The molecule has 1 aromatic heterocycles. The van der Waals surface area contributed by atoms with Gasteiger partial charge in [0.2, 0.25) is 0 Å². The largest absolute Gasteiger partial charge is 0.497 e. The SMILES string of the molecule is COc1cccc(NC(=O)c2ccc(Cc3c(OC)cc(OC)cc3OC)o2)c1. The number of nitrogens with one attached hydrogen (secondary N) is 1. The minimum absolute atomic E-state index is 0.203. The first-order valence-corrected chi connectivity index (χ1v) is 8.91. The number of carbonyl (C=O) groups excluding carboxylic acids is 1. The van der Waals surface area contributed by atoms with Gasteiger partial charge >= 0.3 is 0 Å². The van der Waals surface area contributed by atoms with Crippen LogP contribution < -0.4 is 24.3 Å². The second kappa shape index (κ2) is 9.05. The van der Waals surface area contributed by atoms with Gasteiger partial charge in [-0.1, -0.05) is 6.07 Å². The van der Waals surface area contributed by atoms with Crippen LogP contribution >= 0.6 is 0 Å². The van der Waals surface area contributed by atoms with Crippen LogP contribution in [0.4, 0.5) is 5.69 Å². The molecule has 0 aliphatic heterocycles. The van der Waals surface area contributed by atoms with Crippen molar-refractivity contribution in [1.82, 2.24) is 0 Å². The lowest BCUT2D eigenvalue weighted by molar-refractivity contribution is 0.0995. The Bertz CT molecular complexity index is 969. The molecule has 2 aromatic carbocycles. The molecular formula is C22H23NO6. The van der Waals surface area contributed by atoms with Crippen molar-refractivity contribution in [3.8, 4) is 23.0 Å². The zero-order chi connectivity index (χ0) is 20.8. The van der Waals surface area contributed by atoms with Crippen LogP contribution in [0.15, 0.2) is 52.9 Å². The van der Waals surface area contributed by atoms with E-state index >= 15 is 0 Å². The van der Waals surface area contributed by atoms with E-state index in [1.165, 1.54) is 0 Å².